The van der Waals surface area contributed by atoms with E-state index in [1.807, 2.05) is 46.4 Å². The minimum absolute atomic E-state index is 0. The molecule has 0 aliphatic carbocycles. The number of nitrogens with one attached hydrogen (secondary N) is 4. The topological polar surface area (TPSA) is 360 Å². The van der Waals surface area contributed by atoms with Gasteiger partial charge in [-0.2, -0.15) is 9.97 Å². The predicted molar refractivity (Wildman–Crippen MR) is 297 cm³/mol. The highest BCUT2D eigenvalue weighted by Gasteiger charge is 2.28. The molecule has 3 saturated heterocycles. The number of piperidine rings is 3. The number of likely N-dealkylation sites (tertiary alicyclic amines) is 2. The Labute approximate surface area is 456 Å². The quantitative estimate of drug-likeness (QED) is 0.0942. The summed E-state index contributed by atoms with van der Waals surface area (Å²) in [6.07, 6.45) is 5.65. The molecular formula is C48H78BrClN18O8. The van der Waals surface area contributed by atoms with E-state index in [-0.39, 0.29) is 42.5 Å². The van der Waals surface area contributed by atoms with Gasteiger partial charge in [0.2, 0.25) is 0 Å². The highest BCUT2D eigenvalue weighted by atomic mass is 79.9. The smallest absolute Gasteiger partial charge is 0.410 e. The second-order valence-electron chi connectivity index (χ2n) is 20.4. The number of aryl methyl sites for hydroxylation is 3. The van der Waals surface area contributed by atoms with Crippen LogP contribution in [0, 0.1) is 38.5 Å². The van der Waals surface area contributed by atoms with E-state index in [4.69, 9.17) is 41.3 Å². The van der Waals surface area contributed by atoms with Crippen LogP contribution in [0.1, 0.15) is 97.5 Å². The zero-order valence-corrected chi connectivity index (χ0v) is 48.0. The van der Waals surface area contributed by atoms with Crippen LogP contribution >= 0.6 is 28.3 Å². The van der Waals surface area contributed by atoms with E-state index in [9.17, 15) is 14.4 Å². The zero-order chi connectivity index (χ0) is 55.2. The lowest BCUT2D eigenvalue weighted by Crippen LogP contribution is -2.42. The number of aromatic amines is 3. The largest absolute Gasteiger partial charge is 0.468 e. The maximum Gasteiger partial charge on any atom is 0.410 e. The van der Waals surface area contributed by atoms with E-state index in [2.05, 4.69) is 76.1 Å². The van der Waals surface area contributed by atoms with E-state index in [1.165, 1.54) is 14.2 Å². The molecule has 422 valence electrons. The number of nitrogens with zero attached hydrogens (tertiary/aromatic N) is 11. The molecule has 6 aromatic rings. The Morgan fingerprint density at radius 2 is 1.03 bits per heavy atom. The number of carbonyl (C=O) groups excluding carboxylic acids is 2. The van der Waals surface area contributed by atoms with Crippen LogP contribution in [0.2, 0.25) is 0 Å². The SMILES string of the molecule is CC(C)(C)OC(=O)N1CCC(CBr)CC1.CC(C)(C)OC(=O)N1CCC(CO)CC1.COc1nc2nc(C)nc(N)c2[nH]1.COc1nc2nc(C)nc(N)c2[nH]1.Cc1nc(N)c2[nH]c(=O)n(CC3CCNCC3)c2n1.Cl. The fourth-order valence-corrected chi connectivity index (χ4v) is 8.74. The number of alkyl halides is 1. The number of methoxy groups -OCH3 is 2. The van der Waals surface area contributed by atoms with Crippen molar-refractivity contribution in [2.75, 3.05) is 82.6 Å². The first-order chi connectivity index (χ1) is 35.4. The molecule has 3 fully saturated rings. The van der Waals surface area contributed by atoms with Gasteiger partial charge in [-0.3, -0.25) is 4.57 Å². The lowest BCUT2D eigenvalue weighted by molar-refractivity contribution is 0.0156. The lowest BCUT2D eigenvalue weighted by atomic mass is 9.98. The van der Waals surface area contributed by atoms with E-state index in [1.54, 1.807) is 30.2 Å². The first-order valence-corrected chi connectivity index (χ1v) is 26.2. The molecule has 0 saturated carbocycles. The molecule has 0 aromatic carbocycles. The Bertz CT molecular complexity index is 2730. The molecule has 0 radical (unpaired) electrons. The number of carbonyl (C=O) groups is 2. The van der Waals surface area contributed by atoms with Crippen LogP contribution in [-0.4, -0.2) is 163 Å². The number of H-pyrrole nitrogens is 3. The van der Waals surface area contributed by atoms with Crippen LogP contribution in [0.3, 0.4) is 0 Å². The molecule has 0 unspecified atom stereocenters. The van der Waals surface area contributed by atoms with Crippen molar-refractivity contribution in [1.82, 2.24) is 74.5 Å². The number of hydrogen-bond donors (Lipinski definition) is 8. The second-order valence-corrected chi connectivity index (χ2v) is 21.1. The van der Waals surface area contributed by atoms with Crippen LogP contribution in [0.5, 0.6) is 12.0 Å². The summed E-state index contributed by atoms with van der Waals surface area (Å²) < 4.78 is 22.1. The molecule has 6 aromatic heterocycles. The highest BCUT2D eigenvalue weighted by Crippen LogP contribution is 2.24. The summed E-state index contributed by atoms with van der Waals surface area (Å²) in [4.78, 5) is 80.1. The molecule has 9 rings (SSSR count). The third-order valence-electron chi connectivity index (χ3n) is 12.0. The molecule has 3 aliphatic rings. The number of aliphatic hydroxyl groups is 1. The summed E-state index contributed by atoms with van der Waals surface area (Å²) >= 11 is 3.48. The van der Waals surface area contributed by atoms with Gasteiger partial charge in [-0.05, 0) is 132 Å². The van der Waals surface area contributed by atoms with Gasteiger partial charge in [-0.1, -0.05) is 15.9 Å². The second kappa shape index (κ2) is 28.2. The number of imidazole rings is 3. The van der Waals surface area contributed by atoms with E-state index >= 15 is 0 Å². The molecule has 2 amide bonds. The normalized spacial score (nSPS) is 15.4. The van der Waals surface area contributed by atoms with E-state index < -0.39 is 5.60 Å². The Morgan fingerprint density at radius 1 is 0.618 bits per heavy atom. The van der Waals surface area contributed by atoms with Crippen molar-refractivity contribution in [2.24, 2.45) is 17.8 Å². The number of ether oxygens (including phenoxy) is 4. The number of aromatic nitrogens is 12. The standard InChI is InChI=1S/C12H18N6O.C11H20BrNO2.C11H21NO3.2C7H9N5O.ClH/c1-7-15-10(13)9-11(16-7)18(12(19)17-9)6-8-2-4-14-5-3-8;1-11(2,3)15-10(14)13-6-4-9(8-12)5-7-13;1-11(2,3)15-10(14)12-6-4-9(8-13)5-7-12;2*1-3-9-5(8)4-6(10-3)12-7(11-4)13-2;/h8,14H,2-6H2,1H3,(H,17,19)(H2,13,15,16);9H,4-8H2,1-3H3;9,13H,4-8H2,1-3H3;2*1-2H3,(H3,8,9,10,11,12);1H. The third kappa shape index (κ3) is 18.5. The molecular weight excluding hydrogens is 1070 g/mol. The number of nitrogen functional groups attached to an aromatic ring is 3. The van der Waals surface area contributed by atoms with Gasteiger partial charge in [-0.15, -0.1) is 12.4 Å². The molecule has 0 bridgehead atoms. The molecule has 0 atom stereocenters. The minimum Gasteiger partial charge on any atom is -0.468 e. The van der Waals surface area contributed by atoms with E-state index in [0.29, 0.717) is 118 Å². The molecule has 3 aliphatic heterocycles. The summed E-state index contributed by atoms with van der Waals surface area (Å²) in [6, 6.07) is 0.781. The Balaban J connectivity index is 0.000000206. The van der Waals surface area contributed by atoms with Gasteiger partial charge in [0.25, 0.3) is 12.0 Å². The van der Waals surface area contributed by atoms with Crippen LogP contribution in [0.4, 0.5) is 27.0 Å². The number of amides is 2. The summed E-state index contributed by atoms with van der Waals surface area (Å²) in [6.45, 7) is 22.6. The van der Waals surface area contributed by atoms with Gasteiger partial charge in [0.1, 0.15) is 45.2 Å². The van der Waals surface area contributed by atoms with Crippen molar-refractivity contribution in [3.05, 3.63) is 28.0 Å². The molecule has 26 nitrogen and oxygen atoms in total. The van der Waals surface area contributed by atoms with Gasteiger partial charge in [0.15, 0.2) is 34.4 Å². The molecule has 9 heterocycles. The number of halogens is 2. The Morgan fingerprint density at radius 3 is 1.42 bits per heavy atom. The molecule has 76 heavy (non-hydrogen) atoms. The van der Waals surface area contributed by atoms with Crippen molar-refractivity contribution < 1.29 is 33.6 Å². The molecule has 0 spiro atoms. The van der Waals surface area contributed by atoms with Gasteiger partial charge >= 0.3 is 17.9 Å². The summed E-state index contributed by atoms with van der Waals surface area (Å²) in [5.41, 5.74) is 19.6. The monoisotopic (exact) mass is 1150 g/mol. The number of aliphatic hydroxyl groups excluding tert-OH is 1. The first kappa shape index (κ1) is 62.2. The number of rotatable bonds is 6. The lowest BCUT2D eigenvalue weighted by Gasteiger charge is -2.32. The average Bonchev–Trinajstić information content (AvgIpc) is 4.07. The van der Waals surface area contributed by atoms with E-state index in [0.717, 1.165) is 70.0 Å². The number of fused-ring (bicyclic) bond motifs is 3. The van der Waals surface area contributed by atoms with Gasteiger partial charge in [-0.25, -0.2) is 44.3 Å². The fourth-order valence-electron chi connectivity index (χ4n) is 8.09. The van der Waals surface area contributed by atoms with Gasteiger partial charge < -0.3 is 71.3 Å². The van der Waals surface area contributed by atoms with Crippen LogP contribution in [0.25, 0.3) is 33.5 Å². The van der Waals surface area contributed by atoms with Crippen molar-refractivity contribution in [2.45, 2.75) is 119 Å². The summed E-state index contributed by atoms with van der Waals surface area (Å²) in [7, 11) is 3.04. The van der Waals surface area contributed by atoms with Crippen molar-refractivity contribution in [3.63, 3.8) is 0 Å². The average molecular weight is 1150 g/mol. The highest BCUT2D eigenvalue weighted by molar-refractivity contribution is 9.09. The zero-order valence-electron chi connectivity index (χ0n) is 45.6. The number of hydrogen-bond acceptors (Lipinski definition) is 20. The number of anilines is 3. The van der Waals surface area contributed by atoms with Gasteiger partial charge in [0.05, 0.1) is 14.2 Å². The maximum absolute atomic E-state index is 12.0. The number of nitrogens with two attached hydrogens (primary N) is 3. The van der Waals surface area contributed by atoms with Crippen molar-refractivity contribution in [3.8, 4) is 12.0 Å². The molecule has 28 heteroatoms. The Kier molecular flexibility index (Phi) is 23.1. The minimum atomic E-state index is -0.426. The van der Waals surface area contributed by atoms with Crippen LogP contribution in [0.15, 0.2) is 4.79 Å². The summed E-state index contributed by atoms with van der Waals surface area (Å²) in [5, 5.41) is 13.3. The van der Waals surface area contributed by atoms with Crippen molar-refractivity contribution in [1.29, 1.82) is 0 Å². The Hall–Kier alpha value is -6.32. The van der Waals surface area contributed by atoms with Crippen LogP contribution < -0.4 is 37.7 Å². The first-order valence-electron chi connectivity index (χ1n) is 25.0. The predicted octanol–water partition coefficient (Wildman–Crippen LogP) is 5.59. The maximum atomic E-state index is 12.0. The fraction of sp³-hybridized carbons (Fsp3) is 0.646. The summed E-state index contributed by atoms with van der Waals surface area (Å²) in [5.74, 6) is 4.46. The van der Waals surface area contributed by atoms with Crippen LogP contribution in [-0.2, 0) is 16.0 Å². The van der Waals surface area contributed by atoms with Crippen molar-refractivity contribution >= 4 is 91.5 Å². The van der Waals surface area contributed by atoms with Gasteiger partial charge in [0, 0.05) is 44.7 Å². The molecule has 11 N–H and O–H groups in total. The third-order valence-corrected chi connectivity index (χ3v) is 12.9.